The molecule has 0 saturated carbocycles. The van der Waals surface area contributed by atoms with Gasteiger partial charge in [0.15, 0.2) is 0 Å². The number of anilines is 1. The molecule has 0 spiro atoms. The van der Waals surface area contributed by atoms with Crippen LogP contribution in [0.25, 0.3) is 16.9 Å². The molecular formula is C21H23N3O2. The first-order chi connectivity index (χ1) is 12.5. The Balaban J connectivity index is 2.03. The van der Waals surface area contributed by atoms with E-state index in [9.17, 15) is 4.79 Å². The molecule has 1 aromatic heterocycles. The Morgan fingerprint density at radius 2 is 1.73 bits per heavy atom. The number of aryl methyl sites for hydroxylation is 1. The van der Waals surface area contributed by atoms with Crippen LogP contribution in [-0.2, 0) is 4.79 Å². The monoisotopic (exact) mass is 349 g/mol. The highest BCUT2D eigenvalue weighted by molar-refractivity contribution is 5.92. The van der Waals surface area contributed by atoms with E-state index >= 15 is 0 Å². The molecule has 0 fully saturated rings. The Labute approximate surface area is 153 Å². The second-order valence-corrected chi connectivity index (χ2v) is 6.53. The van der Waals surface area contributed by atoms with Gasteiger partial charge >= 0.3 is 0 Å². The van der Waals surface area contributed by atoms with E-state index in [1.807, 2.05) is 75.4 Å². The van der Waals surface area contributed by atoms with Gasteiger partial charge in [-0.15, -0.1) is 0 Å². The van der Waals surface area contributed by atoms with E-state index in [1.54, 1.807) is 11.8 Å². The number of amides is 1. The van der Waals surface area contributed by atoms with E-state index < -0.39 is 0 Å². The smallest absolute Gasteiger partial charge is 0.228 e. The fourth-order valence-corrected chi connectivity index (χ4v) is 2.53. The summed E-state index contributed by atoms with van der Waals surface area (Å²) in [6.45, 7) is 5.77. The van der Waals surface area contributed by atoms with Crippen LogP contribution in [0.15, 0.2) is 54.6 Å². The maximum absolute atomic E-state index is 12.2. The number of hydrogen-bond donors (Lipinski definition) is 1. The standard InChI is InChI=1S/C21H23N3O2/c1-14(2)21(25)22-20-13-19(16-7-11-18(26-4)12-8-16)23-24(20)17-9-5-15(3)6-10-17/h5-14H,1-4H3,(H,22,25). The Kier molecular flexibility index (Phi) is 5.07. The number of hydrogen-bond acceptors (Lipinski definition) is 3. The molecule has 0 aliphatic carbocycles. The largest absolute Gasteiger partial charge is 0.497 e. The van der Waals surface area contributed by atoms with Crippen molar-refractivity contribution < 1.29 is 9.53 Å². The average Bonchev–Trinajstić information content (AvgIpc) is 3.06. The molecule has 2 aromatic carbocycles. The van der Waals surface area contributed by atoms with Gasteiger partial charge in [0, 0.05) is 17.5 Å². The third-order valence-corrected chi connectivity index (χ3v) is 4.15. The fraction of sp³-hybridized carbons (Fsp3) is 0.238. The van der Waals surface area contributed by atoms with Crippen LogP contribution in [0, 0.1) is 12.8 Å². The lowest BCUT2D eigenvalue weighted by atomic mass is 10.1. The van der Waals surface area contributed by atoms with Crippen molar-refractivity contribution in [2.45, 2.75) is 20.8 Å². The van der Waals surface area contributed by atoms with Gasteiger partial charge in [-0.3, -0.25) is 4.79 Å². The summed E-state index contributed by atoms with van der Waals surface area (Å²) in [6.07, 6.45) is 0. The predicted molar refractivity (Wildman–Crippen MR) is 104 cm³/mol. The van der Waals surface area contributed by atoms with Gasteiger partial charge in [-0.1, -0.05) is 31.5 Å². The highest BCUT2D eigenvalue weighted by Crippen LogP contribution is 2.26. The molecule has 3 aromatic rings. The Bertz CT molecular complexity index is 894. The van der Waals surface area contributed by atoms with Crippen LogP contribution < -0.4 is 10.1 Å². The van der Waals surface area contributed by atoms with Crippen molar-refractivity contribution in [2.24, 2.45) is 5.92 Å². The summed E-state index contributed by atoms with van der Waals surface area (Å²) < 4.78 is 6.97. The highest BCUT2D eigenvalue weighted by Gasteiger charge is 2.15. The molecule has 1 N–H and O–H groups in total. The number of ether oxygens (including phenoxy) is 1. The average molecular weight is 349 g/mol. The third-order valence-electron chi connectivity index (χ3n) is 4.15. The van der Waals surface area contributed by atoms with Crippen molar-refractivity contribution in [3.05, 3.63) is 60.2 Å². The van der Waals surface area contributed by atoms with E-state index in [0.717, 1.165) is 22.7 Å². The lowest BCUT2D eigenvalue weighted by molar-refractivity contribution is -0.118. The lowest BCUT2D eigenvalue weighted by Gasteiger charge is -2.10. The second kappa shape index (κ2) is 7.44. The molecule has 134 valence electrons. The number of carbonyl (C=O) groups is 1. The zero-order valence-electron chi connectivity index (χ0n) is 15.5. The van der Waals surface area contributed by atoms with E-state index in [0.29, 0.717) is 5.82 Å². The molecule has 0 unspecified atom stereocenters. The maximum Gasteiger partial charge on any atom is 0.228 e. The minimum Gasteiger partial charge on any atom is -0.497 e. The first-order valence-electron chi connectivity index (χ1n) is 8.60. The Hall–Kier alpha value is -3.08. The minimum atomic E-state index is -0.110. The number of carbonyl (C=O) groups excluding carboxylic acids is 1. The van der Waals surface area contributed by atoms with Crippen molar-refractivity contribution >= 4 is 11.7 Å². The Morgan fingerprint density at radius 3 is 2.31 bits per heavy atom. The van der Waals surface area contributed by atoms with Crippen molar-refractivity contribution in [3.63, 3.8) is 0 Å². The molecule has 0 bridgehead atoms. The topological polar surface area (TPSA) is 56.1 Å². The van der Waals surface area contributed by atoms with Crippen LogP contribution in [0.5, 0.6) is 5.75 Å². The summed E-state index contributed by atoms with van der Waals surface area (Å²) in [5.41, 5.74) is 3.81. The number of rotatable bonds is 5. The summed E-state index contributed by atoms with van der Waals surface area (Å²) in [6, 6.07) is 17.6. The zero-order valence-corrected chi connectivity index (χ0v) is 15.5. The van der Waals surface area contributed by atoms with Gasteiger partial charge in [-0.05, 0) is 43.3 Å². The summed E-state index contributed by atoms with van der Waals surface area (Å²) >= 11 is 0. The molecule has 5 heteroatoms. The zero-order chi connectivity index (χ0) is 18.7. The normalized spacial score (nSPS) is 10.8. The lowest BCUT2D eigenvalue weighted by Crippen LogP contribution is -2.19. The fourth-order valence-electron chi connectivity index (χ4n) is 2.53. The number of nitrogens with zero attached hydrogens (tertiary/aromatic N) is 2. The summed E-state index contributed by atoms with van der Waals surface area (Å²) in [5.74, 6) is 1.29. The van der Waals surface area contributed by atoms with Crippen molar-refractivity contribution in [3.8, 4) is 22.7 Å². The summed E-state index contributed by atoms with van der Waals surface area (Å²) in [5, 5.41) is 7.68. The predicted octanol–water partition coefficient (Wildman–Crippen LogP) is 4.45. The molecule has 1 amide bonds. The Morgan fingerprint density at radius 1 is 1.08 bits per heavy atom. The van der Waals surface area contributed by atoms with Gasteiger partial charge in [-0.25, -0.2) is 4.68 Å². The summed E-state index contributed by atoms with van der Waals surface area (Å²) in [4.78, 5) is 12.2. The van der Waals surface area contributed by atoms with E-state index in [2.05, 4.69) is 5.32 Å². The van der Waals surface area contributed by atoms with Gasteiger partial charge in [0.25, 0.3) is 0 Å². The molecule has 26 heavy (non-hydrogen) atoms. The van der Waals surface area contributed by atoms with Gasteiger partial charge < -0.3 is 10.1 Å². The molecule has 3 rings (SSSR count). The van der Waals surface area contributed by atoms with E-state index in [-0.39, 0.29) is 11.8 Å². The molecule has 0 radical (unpaired) electrons. The first-order valence-corrected chi connectivity index (χ1v) is 8.60. The van der Waals surface area contributed by atoms with Gasteiger partial charge in [0.05, 0.1) is 18.5 Å². The van der Waals surface area contributed by atoms with Gasteiger partial charge in [-0.2, -0.15) is 5.10 Å². The molecule has 5 nitrogen and oxygen atoms in total. The van der Waals surface area contributed by atoms with Crippen LogP contribution >= 0.6 is 0 Å². The number of methoxy groups -OCH3 is 1. The van der Waals surface area contributed by atoms with Gasteiger partial charge in [0.1, 0.15) is 11.6 Å². The van der Waals surface area contributed by atoms with Crippen LogP contribution in [-0.4, -0.2) is 22.8 Å². The van der Waals surface area contributed by atoms with E-state index in [4.69, 9.17) is 9.84 Å². The maximum atomic E-state index is 12.2. The van der Waals surface area contributed by atoms with Crippen LogP contribution in [0.2, 0.25) is 0 Å². The number of aromatic nitrogens is 2. The molecule has 0 aliphatic rings. The molecule has 1 heterocycles. The second-order valence-electron chi connectivity index (χ2n) is 6.53. The molecule has 0 atom stereocenters. The van der Waals surface area contributed by atoms with Crippen molar-refractivity contribution in [2.75, 3.05) is 12.4 Å². The molecule has 0 saturated heterocycles. The van der Waals surface area contributed by atoms with Crippen LogP contribution in [0.4, 0.5) is 5.82 Å². The van der Waals surface area contributed by atoms with Crippen molar-refractivity contribution in [1.82, 2.24) is 9.78 Å². The quantitative estimate of drug-likeness (QED) is 0.740. The van der Waals surface area contributed by atoms with Crippen LogP contribution in [0.1, 0.15) is 19.4 Å². The molecule has 0 aliphatic heterocycles. The number of benzene rings is 2. The number of nitrogens with one attached hydrogen (secondary N) is 1. The van der Waals surface area contributed by atoms with Crippen LogP contribution in [0.3, 0.4) is 0 Å². The third kappa shape index (κ3) is 3.77. The summed E-state index contributed by atoms with van der Waals surface area (Å²) in [7, 11) is 1.64. The van der Waals surface area contributed by atoms with Gasteiger partial charge in [0.2, 0.25) is 5.91 Å². The highest BCUT2D eigenvalue weighted by atomic mass is 16.5. The van der Waals surface area contributed by atoms with E-state index in [1.165, 1.54) is 5.56 Å². The first kappa shape index (κ1) is 17.7. The van der Waals surface area contributed by atoms with Crippen molar-refractivity contribution in [1.29, 1.82) is 0 Å². The minimum absolute atomic E-state index is 0.0421. The molecular weight excluding hydrogens is 326 g/mol. The SMILES string of the molecule is COc1ccc(-c2cc(NC(=O)C(C)C)n(-c3ccc(C)cc3)n2)cc1.